The van der Waals surface area contributed by atoms with Crippen LogP contribution in [-0.2, 0) is 12.3 Å². The minimum atomic E-state index is 0.797. The Labute approximate surface area is 131 Å². The lowest BCUT2D eigenvalue weighted by Crippen LogP contribution is -2.21. The number of tetrazole rings is 1. The van der Waals surface area contributed by atoms with Gasteiger partial charge in [0, 0.05) is 16.8 Å². The van der Waals surface area contributed by atoms with E-state index in [0.717, 1.165) is 41.4 Å². The first-order valence-electron chi connectivity index (χ1n) is 6.64. The smallest absolute Gasteiger partial charge is 0.209 e. The van der Waals surface area contributed by atoms with Gasteiger partial charge in [-0.3, -0.25) is 0 Å². The Bertz CT molecular complexity index is 531. The van der Waals surface area contributed by atoms with Crippen LogP contribution in [0.5, 0.6) is 0 Å². The predicted octanol–water partition coefficient (Wildman–Crippen LogP) is 2.73. The molecule has 5 nitrogen and oxygen atoms in total. The van der Waals surface area contributed by atoms with Gasteiger partial charge in [-0.15, -0.1) is 5.10 Å². The van der Waals surface area contributed by atoms with Crippen LogP contribution in [0.4, 0.5) is 0 Å². The SMILES string of the molecule is CCCNCCn1nnnc1SCc1ccccc1Br. The molecule has 0 saturated heterocycles. The fraction of sp³-hybridized carbons (Fsp3) is 0.462. The molecule has 1 heterocycles. The monoisotopic (exact) mass is 355 g/mol. The first kappa shape index (κ1) is 15.5. The Morgan fingerprint density at radius 1 is 1.30 bits per heavy atom. The van der Waals surface area contributed by atoms with Crippen molar-refractivity contribution in [1.82, 2.24) is 25.5 Å². The van der Waals surface area contributed by atoms with E-state index >= 15 is 0 Å². The van der Waals surface area contributed by atoms with Gasteiger partial charge < -0.3 is 5.32 Å². The summed E-state index contributed by atoms with van der Waals surface area (Å²) in [5.41, 5.74) is 1.25. The maximum Gasteiger partial charge on any atom is 0.209 e. The topological polar surface area (TPSA) is 55.6 Å². The fourth-order valence-electron chi connectivity index (χ4n) is 1.68. The summed E-state index contributed by atoms with van der Waals surface area (Å²) in [6.45, 7) is 4.87. The molecule has 1 N–H and O–H groups in total. The summed E-state index contributed by atoms with van der Waals surface area (Å²) in [4.78, 5) is 0. The van der Waals surface area contributed by atoms with E-state index in [0.29, 0.717) is 0 Å². The van der Waals surface area contributed by atoms with Gasteiger partial charge in [-0.25, -0.2) is 4.68 Å². The van der Waals surface area contributed by atoms with Crippen LogP contribution in [0.1, 0.15) is 18.9 Å². The molecule has 0 radical (unpaired) electrons. The molecule has 0 atom stereocenters. The second-order valence-electron chi connectivity index (χ2n) is 4.31. The van der Waals surface area contributed by atoms with E-state index in [1.165, 1.54) is 5.56 Å². The van der Waals surface area contributed by atoms with Crippen molar-refractivity contribution in [2.45, 2.75) is 30.8 Å². The average molecular weight is 356 g/mol. The van der Waals surface area contributed by atoms with Gasteiger partial charge in [-0.05, 0) is 35.0 Å². The van der Waals surface area contributed by atoms with Gasteiger partial charge in [-0.1, -0.05) is 52.8 Å². The zero-order valence-electron chi connectivity index (χ0n) is 11.4. The van der Waals surface area contributed by atoms with Crippen molar-refractivity contribution < 1.29 is 0 Å². The first-order valence-corrected chi connectivity index (χ1v) is 8.42. The van der Waals surface area contributed by atoms with E-state index in [9.17, 15) is 0 Å². The van der Waals surface area contributed by atoms with Crippen molar-refractivity contribution in [3.05, 3.63) is 34.3 Å². The predicted molar refractivity (Wildman–Crippen MR) is 84.7 cm³/mol. The van der Waals surface area contributed by atoms with Gasteiger partial charge in [0.25, 0.3) is 0 Å². The number of nitrogens with one attached hydrogen (secondary N) is 1. The molecule has 7 heteroatoms. The van der Waals surface area contributed by atoms with Crippen LogP contribution in [0.3, 0.4) is 0 Å². The molecule has 108 valence electrons. The second-order valence-corrected chi connectivity index (χ2v) is 6.11. The van der Waals surface area contributed by atoms with Crippen LogP contribution in [0.15, 0.2) is 33.9 Å². The highest BCUT2D eigenvalue weighted by molar-refractivity contribution is 9.10. The third-order valence-electron chi connectivity index (χ3n) is 2.74. The zero-order chi connectivity index (χ0) is 14.2. The number of hydrogen-bond donors (Lipinski definition) is 1. The molecular formula is C13H18BrN5S. The van der Waals surface area contributed by atoms with Crippen LogP contribution in [0.2, 0.25) is 0 Å². The molecule has 2 aromatic rings. The molecule has 1 aromatic carbocycles. The van der Waals surface area contributed by atoms with Crippen molar-refractivity contribution in [1.29, 1.82) is 0 Å². The Morgan fingerprint density at radius 2 is 2.15 bits per heavy atom. The molecule has 0 bridgehead atoms. The highest BCUT2D eigenvalue weighted by Gasteiger charge is 2.07. The van der Waals surface area contributed by atoms with Gasteiger partial charge in [-0.2, -0.15) is 0 Å². The lowest BCUT2D eigenvalue weighted by Gasteiger charge is -2.06. The van der Waals surface area contributed by atoms with Crippen molar-refractivity contribution in [2.75, 3.05) is 13.1 Å². The van der Waals surface area contributed by atoms with Gasteiger partial charge >= 0.3 is 0 Å². The quantitative estimate of drug-likeness (QED) is 0.582. The maximum absolute atomic E-state index is 4.08. The molecule has 0 spiro atoms. The fourth-order valence-corrected chi connectivity index (χ4v) is 3.20. The van der Waals surface area contributed by atoms with E-state index in [1.54, 1.807) is 11.8 Å². The summed E-state index contributed by atoms with van der Waals surface area (Å²) in [6, 6.07) is 8.21. The minimum absolute atomic E-state index is 0.797. The number of nitrogens with zero attached hydrogens (tertiary/aromatic N) is 4. The molecular weight excluding hydrogens is 338 g/mol. The third-order valence-corrected chi connectivity index (χ3v) is 4.52. The Balaban J connectivity index is 1.87. The molecule has 0 saturated carbocycles. The zero-order valence-corrected chi connectivity index (χ0v) is 13.8. The van der Waals surface area contributed by atoms with Gasteiger partial charge in [0.1, 0.15) is 0 Å². The molecule has 0 aliphatic carbocycles. The number of rotatable bonds is 8. The van der Waals surface area contributed by atoms with Crippen molar-refractivity contribution >= 4 is 27.7 Å². The molecule has 0 aliphatic heterocycles. The second kappa shape index (κ2) is 8.39. The summed E-state index contributed by atoms with van der Waals surface area (Å²) in [5.74, 6) is 0.851. The van der Waals surface area contributed by atoms with Gasteiger partial charge in [0.2, 0.25) is 5.16 Å². The molecule has 2 rings (SSSR count). The number of benzene rings is 1. The van der Waals surface area contributed by atoms with Crippen LogP contribution in [-0.4, -0.2) is 33.3 Å². The molecule has 0 amide bonds. The van der Waals surface area contributed by atoms with Crippen LogP contribution < -0.4 is 5.32 Å². The Morgan fingerprint density at radius 3 is 2.95 bits per heavy atom. The van der Waals surface area contributed by atoms with Crippen molar-refractivity contribution in [3.8, 4) is 0 Å². The normalized spacial score (nSPS) is 10.9. The lowest BCUT2D eigenvalue weighted by molar-refractivity contribution is 0.510. The molecule has 0 unspecified atom stereocenters. The number of hydrogen-bond acceptors (Lipinski definition) is 5. The summed E-state index contributed by atoms with van der Waals surface area (Å²) in [5, 5.41) is 16.1. The first-order chi connectivity index (χ1) is 9.81. The maximum atomic E-state index is 4.08. The van der Waals surface area contributed by atoms with Crippen LogP contribution >= 0.6 is 27.7 Å². The molecule has 0 aliphatic rings. The van der Waals surface area contributed by atoms with E-state index in [1.807, 2.05) is 22.9 Å². The Kier molecular flexibility index (Phi) is 6.49. The number of aromatic nitrogens is 4. The highest BCUT2D eigenvalue weighted by Crippen LogP contribution is 2.24. The number of thioether (sulfide) groups is 1. The van der Waals surface area contributed by atoms with Gasteiger partial charge in [0.05, 0.1) is 6.54 Å². The highest BCUT2D eigenvalue weighted by atomic mass is 79.9. The largest absolute Gasteiger partial charge is 0.315 e. The van der Waals surface area contributed by atoms with Crippen molar-refractivity contribution in [2.24, 2.45) is 0 Å². The number of halogens is 1. The van der Waals surface area contributed by atoms with Crippen LogP contribution in [0, 0.1) is 0 Å². The average Bonchev–Trinajstić information content (AvgIpc) is 2.90. The summed E-state index contributed by atoms with van der Waals surface area (Å²) < 4.78 is 2.97. The summed E-state index contributed by atoms with van der Waals surface area (Å²) >= 11 is 5.21. The van der Waals surface area contributed by atoms with E-state index in [2.05, 4.69) is 49.8 Å². The van der Waals surface area contributed by atoms with Crippen molar-refractivity contribution in [3.63, 3.8) is 0 Å². The van der Waals surface area contributed by atoms with E-state index in [-0.39, 0.29) is 0 Å². The van der Waals surface area contributed by atoms with Crippen LogP contribution in [0.25, 0.3) is 0 Å². The Hall–Kier alpha value is -0.920. The minimum Gasteiger partial charge on any atom is -0.315 e. The summed E-state index contributed by atoms with van der Waals surface area (Å²) in [7, 11) is 0. The third kappa shape index (κ3) is 4.57. The molecule has 0 fully saturated rings. The standard InChI is InChI=1S/C13H18BrN5S/c1-2-7-15-8-9-19-13(16-17-18-19)20-10-11-5-3-4-6-12(11)14/h3-6,15H,2,7-10H2,1H3. The summed E-state index contributed by atoms with van der Waals surface area (Å²) in [6.07, 6.45) is 1.14. The molecule has 20 heavy (non-hydrogen) atoms. The lowest BCUT2D eigenvalue weighted by atomic mass is 10.2. The van der Waals surface area contributed by atoms with E-state index < -0.39 is 0 Å². The molecule has 1 aromatic heterocycles. The van der Waals surface area contributed by atoms with Gasteiger partial charge in [0.15, 0.2) is 0 Å². The van der Waals surface area contributed by atoms with E-state index in [4.69, 9.17) is 0 Å².